The number of hydrogen-bond acceptors (Lipinski definition) is 2. The molecule has 1 aliphatic rings. The summed E-state index contributed by atoms with van der Waals surface area (Å²) in [5.74, 6) is 0. The van der Waals surface area contributed by atoms with Crippen LogP contribution >= 0.6 is 11.3 Å². The van der Waals surface area contributed by atoms with Crippen LogP contribution in [0.4, 0.5) is 17.1 Å². The molecule has 0 bridgehead atoms. The van der Waals surface area contributed by atoms with Crippen LogP contribution in [0, 0.1) is 0 Å². The van der Waals surface area contributed by atoms with Crippen molar-refractivity contribution >= 4 is 70.4 Å². The van der Waals surface area contributed by atoms with E-state index < -0.39 is 5.41 Å². The zero-order valence-corrected chi connectivity index (χ0v) is 39.0. The summed E-state index contributed by atoms with van der Waals surface area (Å²) in [6.45, 7) is 0. The molecule has 0 atom stereocenters. The van der Waals surface area contributed by atoms with Gasteiger partial charge < -0.3 is 9.47 Å². The van der Waals surface area contributed by atoms with Crippen LogP contribution in [-0.2, 0) is 5.41 Å². The number of thiophene rings is 1. The van der Waals surface area contributed by atoms with Gasteiger partial charge in [-0.3, -0.25) is 0 Å². The fraction of sp³-hybridized carbons (Fsp3) is 0.0149. The largest absolute Gasteiger partial charge is 0.310 e. The zero-order chi connectivity index (χ0) is 46.2. The summed E-state index contributed by atoms with van der Waals surface area (Å²) in [5, 5.41) is 5.07. The van der Waals surface area contributed by atoms with Crippen molar-refractivity contribution < 1.29 is 0 Å². The Labute approximate surface area is 411 Å². The van der Waals surface area contributed by atoms with E-state index in [1.807, 2.05) is 11.3 Å². The van der Waals surface area contributed by atoms with E-state index in [9.17, 15) is 0 Å². The number of aromatic nitrogens is 1. The van der Waals surface area contributed by atoms with Gasteiger partial charge in [-0.1, -0.05) is 188 Å². The molecule has 13 aromatic rings. The highest BCUT2D eigenvalue weighted by molar-refractivity contribution is 7.25. The molecule has 11 aromatic carbocycles. The molecular weight excluding hydrogens is 865 g/mol. The summed E-state index contributed by atoms with van der Waals surface area (Å²) < 4.78 is 5.13. The molecule has 3 heteroatoms. The van der Waals surface area contributed by atoms with Gasteiger partial charge in [0, 0.05) is 53.6 Å². The van der Waals surface area contributed by atoms with Crippen molar-refractivity contribution in [1.29, 1.82) is 0 Å². The molecule has 0 amide bonds. The zero-order valence-electron chi connectivity index (χ0n) is 38.2. The van der Waals surface area contributed by atoms with Crippen molar-refractivity contribution in [2.45, 2.75) is 5.41 Å². The lowest BCUT2D eigenvalue weighted by molar-refractivity contribution is 0.768. The normalized spacial score (nSPS) is 12.7. The molecule has 0 spiro atoms. The van der Waals surface area contributed by atoms with Gasteiger partial charge >= 0.3 is 0 Å². The standard InChI is InChI=1S/C67H44N2S/c1-4-20-49(21-5-1)67(50-22-6-2-7-23-50)59-29-13-10-28-56(59)66-60(67)30-17-32-63(66)69-61-31-14-11-26-54(61)57-43-48(36-40-62(57)69)47-19-16-18-46(42-47)45-34-37-52(38-35-45)68(51-24-8-3-9-25-51)53-39-41-65-58(44-53)55-27-12-15-33-64(55)70-65/h1-44H. The Kier molecular flexibility index (Phi) is 9.33. The molecule has 0 radical (unpaired) electrons. The predicted molar refractivity (Wildman–Crippen MR) is 297 cm³/mol. The van der Waals surface area contributed by atoms with Crippen LogP contribution < -0.4 is 4.90 Å². The first-order chi connectivity index (χ1) is 34.7. The van der Waals surface area contributed by atoms with Crippen LogP contribution in [0.2, 0.25) is 0 Å². The van der Waals surface area contributed by atoms with Gasteiger partial charge in [0.1, 0.15) is 0 Å². The Hall–Kier alpha value is -8.76. The number of hydrogen-bond donors (Lipinski definition) is 0. The number of benzene rings is 11. The van der Waals surface area contributed by atoms with E-state index in [4.69, 9.17) is 0 Å². The van der Waals surface area contributed by atoms with Gasteiger partial charge in [0.15, 0.2) is 0 Å². The smallest absolute Gasteiger partial charge is 0.0714 e. The quantitative estimate of drug-likeness (QED) is 0.147. The molecule has 70 heavy (non-hydrogen) atoms. The monoisotopic (exact) mass is 908 g/mol. The van der Waals surface area contributed by atoms with Gasteiger partial charge in [-0.15, -0.1) is 11.3 Å². The van der Waals surface area contributed by atoms with Crippen LogP contribution in [0.1, 0.15) is 22.3 Å². The molecule has 2 heterocycles. The van der Waals surface area contributed by atoms with Gasteiger partial charge in [-0.2, -0.15) is 0 Å². The third-order valence-corrected chi connectivity index (χ3v) is 15.8. The average molecular weight is 909 g/mol. The van der Waals surface area contributed by atoms with E-state index in [0.29, 0.717) is 0 Å². The second-order valence-corrected chi connectivity index (χ2v) is 19.5. The van der Waals surface area contributed by atoms with E-state index in [1.54, 1.807) is 0 Å². The van der Waals surface area contributed by atoms with E-state index in [1.165, 1.54) is 103 Å². The van der Waals surface area contributed by atoms with Crippen LogP contribution in [-0.4, -0.2) is 4.57 Å². The Balaban J connectivity index is 0.862. The molecule has 2 aromatic heterocycles. The van der Waals surface area contributed by atoms with Crippen LogP contribution in [0.3, 0.4) is 0 Å². The summed E-state index contributed by atoms with van der Waals surface area (Å²) in [5.41, 5.74) is 18.9. The molecule has 0 N–H and O–H groups in total. The molecule has 0 aliphatic heterocycles. The van der Waals surface area contributed by atoms with Crippen molar-refractivity contribution in [1.82, 2.24) is 4.57 Å². The van der Waals surface area contributed by atoms with Gasteiger partial charge in [-0.05, 0) is 129 Å². The number of nitrogens with zero attached hydrogens (tertiary/aromatic N) is 2. The van der Waals surface area contributed by atoms with Crippen LogP contribution in [0.5, 0.6) is 0 Å². The Morgan fingerprint density at radius 1 is 0.329 bits per heavy atom. The predicted octanol–water partition coefficient (Wildman–Crippen LogP) is 18.3. The SMILES string of the molecule is c1ccc(N(c2ccc(-c3cccc(-c4ccc5c(c4)c4ccccc4n5-c4cccc5c4-c4ccccc4C5(c4ccccc4)c4ccccc4)c3)cc2)c2ccc3sc4ccccc4c3c2)cc1. The summed E-state index contributed by atoms with van der Waals surface area (Å²) in [7, 11) is 0. The van der Waals surface area contributed by atoms with Crippen molar-refractivity contribution in [3.8, 4) is 39.1 Å². The lowest BCUT2D eigenvalue weighted by Crippen LogP contribution is -2.28. The summed E-state index contributed by atoms with van der Waals surface area (Å²) in [6.07, 6.45) is 0. The fourth-order valence-electron chi connectivity index (χ4n) is 11.6. The Morgan fingerprint density at radius 2 is 0.886 bits per heavy atom. The van der Waals surface area contributed by atoms with E-state index in [2.05, 4.69) is 276 Å². The maximum Gasteiger partial charge on any atom is 0.0714 e. The number of rotatable bonds is 8. The summed E-state index contributed by atoms with van der Waals surface area (Å²) >= 11 is 1.85. The van der Waals surface area contributed by atoms with Crippen LogP contribution in [0.25, 0.3) is 81.0 Å². The third-order valence-electron chi connectivity index (χ3n) is 14.7. The maximum atomic E-state index is 2.51. The first kappa shape index (κ1) is 40.3. The highest BCUT2D eigenvalue weighted by Gasteiger charge is 2.47. The van der Waals surface area contributed by atoms with E-state index >= 15 is 0 Å². The first-order valence-electron chi connectivity index (χ1n) is 24.1. The lowest BCUT2D eigenvalue weighted by atomic mass is 9.68. The van der Waals surface area contributed by atoms with Crippen molar-refractivity contribution in [3.63, 3.8) is 0 Å². The van der Waals surface area contributed by atoms with Gasteiger partial charge in [-0.25, -0.2) is 0 Å². The molecule has 1 aliphatic carbocycles. The van der Waals surface area contributed by atoms with Gasteiger partial charge in [0.25, 0.3) is 0 Å². The molecule has 0 unspecified atom stereocenters. The van der Waals surface area contributed by atoms with Gasteiger partial charge in [0.05, 0.1) is 22.1 Å². The minimum absolute atomic E-state index is 0.474. The molecule has 328 valence electrons. The molecule has 14 rings (SSSR count). The first-order valence-corrected chi connectivity index (χ1v) is 24.9. The van der Waals surface area contributed by atoms with E-state index in [0.717, 1.165) is 17.1 Å². The minimum Gasteiger partial charge on any atom is -0.310 e. The summed E-state index contributed by atoms with van der Waals surface area (Å²) in [6, 6.07) is 98.4. The molecule has 0 saturated carbocycles. The maximum absolute atomic E-state index is 2.51. The Morgan fingerprint density at radius 3 is 1.67 bits per heavy atom. The average Bonchev–Trinajstić information content (AvgIpc) is 4.08. The minimum atomic E-state index is -0.474. The highest BCUT2D eigenvalue weighted by atomic mass is 32.1. The second kappa shape index (κ2) is 16.2. The third kappa shape index (κ3) is 6.19. The number of anilines is 3. The van der Waals surface area contributed by atoms with Crippen LogP contribution in [0.15, 0.2) is 267 Å². The fourth-order valence-corrected chi connectivity index (χ4v) is 12.7. The number of fused-ring (bicyclic) bond motifs is 9. The van der Waals surface area contributed by atoms with Crippen molar-refractivity contribution in [2.24, 2.45) is 0 Å². The molecule has 0 saturated heterocycles. The second-order valence-electron chi connectivity index (χ2n) is 18.4. The highest BCUT2D eigenvalue weighted by Crippen LogP contribution is 2.58. The molecular formula is C67H44N2S. The topological polar surface area (TPSA) is 8.17 Å². The molecule has 0 fully saturated rings. The molecule has 2 nitrogen and oxygen atoms in total. The van der Waals surface area contributed by atoms with Crippen molar-refractivity contribution in [3.05, 3.63) is 289 Å². The summed E-state index contributed by atoms with van der Waals surface area (Å²) in [4.78, 5) is 2.36. The lowest BCUT2D eigenvalue weighted by Gasteiger charge is -2.34. The van der Waals surface area contributed by atoms with E-state index in [-0.39, 0.29) is 0 Å². The van der Waals surface area contributed by atoms with Gasteiger partial charge in [0.2, 0.25) is 0 Å². The Bertz CT molecular complexity index is 4070. The number of para-hydroxylation sites is 2. The van der Waals surface area contributed by atoms with Crippen molar-refractivity contribution in [2.75, 3.05) is 4.90 Å².